The molecule has 0 aliphatic carbocycles. The first kappa shape index (κ1) is 19.0. The van der Waals surface area contributed by atoms with E-state index in [2.05, 4.69) is 54.0 Å². The molecule has 0 radical (unpaired) electrons. The van der Waals surface area contributed by atoms with Crippen LogP contribution in [0.15, 0.2) is 42.6 Å². The van der Waals surface area contributed by atoms with Crippen LogP contribution in [0.4, 0.5) is 17.1 Å². The molecule has 0 bridgehead atoms. The highest BCUT2D eigenvalue weighted by Crippen LogP contribution is 2.34. The number of benzene rings is 2. The minimum absolute atomic E-state index is 0.0669. The summed E-state index contributed by atoms with van der Waals surface area (Å²) in [4.78, 5) is 14.5. The number of nitrogens with zero attached hydrogens (tertiary/aromatic N) is 1. The summed E-state index contributed by atoms with van der Waals surface area (Å²) < 4.78 is 0. The van der Waals surface area contributed by atoms with E-state index in [0.29, 0.717) is 5.57 Å². The van der Waals surface area contributed by atoms with Gasteiger partial charge in [0.1, 0.15) is 0 Å². The lowest BCUT2D eigenvalue weighted by Crippen LogP contribution is -2.16. The molecule has 3 rings (SSSR count). The molecular formula is C22H28N4O. The molecule has 3 N–H and O–H groups in total. The van der Waals surface area contributed by atoms with Crippen LogP contribution in [0.3, 0.4) is 0 Å². The van der Waals surface area contributed by atoms with Gasteiger partial charge in [-0.05, 0) is 76.3 Å². The van der Waals surface area contributed by atoms with Gasteiger partial charge in [-0.1, -0.05) is 12.1 Å². The average molecular weight is 364 g/mol. The highest BCUT2D eigenvalue weighted by Gasteiger charge is 2.25. The zero-order valence-corrected chi connectivity index (χ0v) is 16.5. The van der Waals surface area contributed by atoms with Crippen molar-refractivity contribution in [3.63, 3.8) is 0 Å². The fourth-order valence-corrected chi connectivity index (χ4v) is 3.30. The third kappa shape index (κ3) is 4.49. The molecule has 0 atom stereocenters. The van der Waals surface area contributed by atoms with Crippen LogP contribution in [-0.4, -0.2) is 38.0 Å². The number of nitrogens with one attached hydrogen (secondary N) is 3. The second-order valence-corrected chi connectivity index (χ2v) is 7.27. The minimum atomic E-state index is -0.0669. The number of aryl methyl sites for hydroxylation is 2. The van der Waals surface area contributed by atoms with Gasteiger partial charge in [0.05, 0.1) is 5.57 Å². The maximum atomic E-state index is 12.3. The predicted octanol–water partition coefficient (Wildman–Crippen LogP) is 4.07. The van der Waals surface area contributed by atoms with E-state index >= 15 is 0 Å². The largest absolute Gasteiger partial charge is 0.385 e. The van der Waals surface area contributed by atoms with Crippen LogP contribution in [-0.2, 0) is 4.79 Å². The molecular weight excluding hydrogens is 336 g/mol. The van der Waals surface area contributed by atoms with E-state index in [9.17, 15) is 4.79 Å². The summed E-state index contributed by atoms with van der Waals surface area (Å²) in [7, 11) is 4.18. The van der Waals surface area contributed by atoms with Crippen molar-refractivity contribution >= 4 is 28.5 Å². The Morgan fingerprint density at radius 3 is 2.67 bits per heavy atom. The summed E-state index contributed by atoms with van der Waals surface area (Å²) in [5.41, 5.74) is 6.91. The standard InChI is InChI=1S/C22H28N4O/c1-15-7-5-8-20-21(15)18(22(27)25-20)14-24-17-9-10-19(16(2)13-17)23-11-6-12-26(3)4/h5,7-10,13-14,23-24H,6,11-12H2,1-4H3,(H,25,27)/b18-14-. The smallest absolute Gasteiger partial charge is 0.257 e. The Morgan fingerprint density at radius 2 is 1.93 bits per heavy atom. The van der Waals surface area contributed by atoms with Gasteiger partial charge < -0.3 is 20.9 Å². The number of carbonyl (C=O) groups is 1. The molecule has 0 spiro atoms. The lowest BCUT2D eigenvalue weighted by atomic mass is 10.0. The Hall–Kier alpha value is -2.79. The van der Waals surface area contributed by atoms with Gasteiger partial charge in [-0.2, -0.15) is 0 Å². The molecule has 5 heteroatoms. The van der Waals surface area contributed by atoms with Crippen molar-refractivity contribution in [3.05, 3.63) is 59.3 Å². The van der Waals surface area contributed by atoms with E-state index in [1.54, 1.807) is 6.20 Å². The van der Waals surface area contributed by atoms with Gasteiger partial charge >= 0.3 is 0 Å². The summed E-state index contributed by atoms with van der Waals surface area (Å²) in [6.07, 6.45) is 2.90. The number of carbonyl (C=O) groups excluding carboxylic acids is 1. The Morgan fingerprint density at radius 1 is 1.11 bits per heavy atom. The molecule has 27 heavy (non-hydrogen) atoms. The number of hydrogen-bond acceptors (Lipinski definition) is 4. The first-order valence-electron chi connectivity index (χ1n) is 9.33. The van der Waals surface area contributed by atoms with Gasteiger partial charge in [0, 0.05) is 35.4 Å². The molecule has 1 amide bonds. The van der Waals surface area contributed by atoms with Crippen LogP contribution in [0.1, 0.15) is 23.1 Å². The van der Waals surface area contributed by atoms with Gasteiger partial charge in [-0.3, -0.25) is 4.79 Å². The van der Waals surface area contributed by atoms with Gasteiger partial charge in [0.15, 0.2) is 0 Å². The Kier molecular flexibility index (Phi) is 5.81. The van der Waals surface area contributed by atoms with Crippen LogP contribution in [0.2, 0.25) is 0 Å². The van der Waals surface area contributed by atoms with Crippen molar-refractivity contribution < 1.29 is 4.79 Å². The average Bonchev–Trinajstić information content (AvgIpc) is 2.94. The highest BCUT2D eigenvalue weighted by atomic mass is 16.2. The summed E-state index contributed by atoms with van der Waals surface area (Å²) >= 11 is 0. The summed E-state index contributed by atoms with van der Waals surface area (Å²) in [6, 6.07) is 12.1. The summed E-state index contributed by atoms with van der Waals surface area (Å²) in [5.74, 6) is -0.0669. The molecule has 0 unspecified atom stereocenters. The maximum Gasteiger partial charge on any atom is 0.257 e. The number of amides is 1. The third-order valence-electron chi connectivity index (χ3n) is 4.74. The number of anilines is 3. The molecule has 0 fully saturated rings. The Balaban J connectivity index is 1.68. The molecule has 1 heterocycles. The lowest BCUT2D eigenvalue weighted by Gasteiger charge is -2.13. The van der Waals surface area contributed by atoms with Crippen molar-refractivity contribution in [2.75, 3.05) is 43.1 Å². The van der Waals surface area contributed by atoms with Crippen molar-refractivity contribution in [3.8, 4) is 0 Å². The van der Waals surface area contributed by atoms with Crippen LogP contribution >= 0.6 is 0 Å². The lowest BCUT2D eigenvalue weighted by molar-refractivity contribution is -0.110. The predicted molar refractivity (Wildman–Crippen MR) is 114 cm³/mol. The molecule has 2 aromatic rings. The summed E-state index contributed by atoms with van der Waals surface area (Å²) in [6.45, 7) is 6.14. The van der Waals surface area contributed by atoms with Crippen LogP contribution in [0, 0.1) is 13.8 Å². The number of fused-ring (bicyclic) bond motifs is 1. The van der Waals surface area contributed by atoms with Crippen molar-refractivity contribution in [2.24, 2.45) is 0 Å². The van der Waals surface area contributed by atoms with Crippen LogP contribution in [0.5, 0.6) is 0 Å². The van der Waals surface area contributed by atoms with E-state index in [4.69, 9.17) is 0 Å². The monoisotopic (exact) mass is 364 g/mol. The Labute approximate surface area is 161 Å². The van der Waals surface area contributed by atoms with E-state index < -0.39 is 0 Å². The second kappa shape index (κ2) is 8.27. The second-order valence-electron chi connectivity index (χ2n) is 7.27. The van der Waals surface area contributed by atoms with E-state index in [1.165, 1.54) is 5.56 Å². The SMILES string of the molecule is Cc1cc(N/C=C2\C(=O)Nc3cccc(C)c32)ccc1NCCCN(C)C. The van der Waals surface area contributed by atoms with E-state index in [1.807, 2.05) is 31.2 Å². The zero-order valence-electron chi connectivity index (χ0n) is 16.5. The molecule has 0 aromatic heterocycles. The normalized spacial score (nSPS) is 14.4. The van der Waals surface area contributed by atoms with E-state index in [0.717, 1.165) is 47.7 Å². The summed E-state index contributed by atoms with van der Waals surface area (Å²) in [5, 5.41) is 9.69. The van der Waals surface area contributed by atoms with Crippen LogP contribution < -0.4 is 16.0 Å². The molecule has 5 nitrogen and oxygen atoms in total. The minimum Gasteiger partial charge on any atom is -0.385 e. The zero-order chi connectivity index (χ0) is 19.4. The van der Waals surface area contributed by atoms with Crippen molar-refractivity contribution in [2.45, 2.75) is 20.3 Å². The van der Waals surface area contributed by atoms with Crippen molar-refractivity contribution in [1.29, 1.82) is 0 Å². The number of hydrogen-bond donors (Lipinski definition) is 3. The number of rotatable bonds is 7. The van der Waals surface area contributed by atoms with E-state index in [-0.39, 0.29) is 5.91 Å². The molecule has 1 aliphatic rings. The van der Waals surface area contributed by atoms with Gasteiger partial charge in [-0.15, -0.1) is 0 Å². The molecule has 0 saturated carbocycles. The quantitative estimate of drug-likeness (QED) is 0.512. The molecule has 0 saturated heterocycles. The van der Waals surface area contributed by atoms with Crippen LogP contribution in [0.25, 0.3) is 5.57 Å². The highest BCUT2D eigenvalue weighted by molar-refractivity contribution is 6.32. The molecule has 142 valence electrons. The molecule has 2 aromatic carbocycles. The van der Waals surface area contributed by atoms with Crippen molar-refractivity contribution in [1.82, 2.24) is 4.90 Å². The Bertz CT molecular complexity index is 871. The first-order chi connectivity index (χ1) is 13.0. The molecule has 1 aliphatic heterocycles. The third-order valence-corrected chi connectivity index (χ3v) is 4.74. The maximum absolute atomic E-state index is 12.3. The van der Waals surface area contributed by atoms with Gasteiger partial charge in [0.25, 0.3) is 5.91 Å². The topological polar surface area (TPSA) is 56.4 Å². The van der Waals surface area contributed by atoms with Gasteiger partial charge in [0.2, 0.25) is 0 Å². The first-order valence-corrected chi connectivity index (χ1v) is 9.33. The van der Waals surface area contributed by atoms with Gasteiger partial charge in [-0.25, -0.2) is 0 Å². The fourth-order valence-electron chi connectivity index (χ4n) is 3.30. The fraction of sp³-hybridized carbons (Fsp3) is 0.318.